The van der Waals surface area contributed by atoms with E-state index in [1.54, 1.807) is 6.20 Å². The summed E-state index contributed by atoms with van der Waals surface area (Å²) in [6.45, 7) is 3.16. The summed E-state index contributed by atoms with van der Waals surface area (Å²) in [7, 11) is -3.62. The Balaban J connectivity index is 1.56. The van der Waals surface area contributed by atoms with Gasteiger partial charge in [0.25, 0.3) is 0 Å². The molecule has 0 spiro atoms. The molecule has 3 rings (SSSR count). The smallest absolute Gasteiger partial charge is 0.240 e. The number of nitriles is 1. The maximum Gasteiger partial charge on any atom is 0.240 e. The van der Waals surface area contributed by atoms with E-state index in [2.05, 4.69) is 20.8 Å². The summed E-state index contributed by atoms with van der Waals surface area (Å²) in [6.07, 6.45) is 4.63. The van der Waals surface area contributed by atoms with Crippen LogP contribution in [0.3, 0.4) is 0 Å². The van der Waals surface area contributed by atoms with E-state index < -0.39 is 10.0 Å². The number of hydrogen-bond acceptors (Lipinski definition) is 7. The van der Waals surface area contributed by atoms with Crippen LogP contribution in [-0.4, -0.2) is 43.8 Å². The first-order valence-electron chi connectivity index (χ1n) is 8.97. The highest BCUT2D eigenvalue weighted by Gasteiger charge is 2.24. The van der Waals surface area contributed by atoms with Gasteiger partial charge in [-0.3, -0.25) is 4.79 Å². The van der Waals surface area contributed by atoms with Crippen LogP contribution in [0, 0.1) is 17.2 Å². The number of carbonyl (C=O) groups is 1. The Kier molecular flexibility index (Phi) is 6.02. The summed E-state index contributed by atoms with van der Waals surface area (Å²) in [4.78, 5) is 21.8. The fourth-order valence-electron chi connectivity index (χ4n) is 3.17. The van der Waals surface area contributed by atoms with E-state index >= 15 is 0 Å². The monoisotopic (exact) mass is 399 g/mol. The fourth-order valence-corrected chi connectivity index (χ4v) is 4.29. The summed E-state index contributed by atoms with van der Waals surface area (Å²) in [6, 6.07) is 7.97. The first kappa shape index (κ1) is 19.9. The Hall–Kier alpha value is -2.83. The van der Waals surface area contributed by atoms with Crippen LogP contribution < -0.4 is 9.62 Å². The second-order valence-electron chi connectivity index (χ2n) is 6.70. The molecule has 1 N–H and O–H groups in total. The van der Waals surface area contributed by atoms with Gasteiger partial charge in [0.1, 0.15) is 6.07 Å². The highest BCUT2D eigenvalue weighted by atomic mass is 32.2. The SMILES string of the molecule is CC(=O)c1ccc(S(=O)(=O)NCC2CCN(c3nccnc3C#N)CC2)cc1. The topological polar surface area (TPSA) is 116 Å². The molecular weight excluding hydrogens is 378 g/mol. The number of benzene rings is 1. The van der Waals surface area contributed by atoms with E-state index in [-0.39, 0.29) is 16.6 Å². The molecule has 9 heteroatoms. The van der Waals surface area contributed by atoms with Crippen LogP contribution in [0.4, 0.5) is 5.82 Å². The molecule has 0 atom stereocenters. The van der Waals surface area contributed by atoms with Crippen molar-refractivity contribution in [2.45, 2.75) is 24.7 Å². The second kappa shape index (κ2) is 8.46. The lowest BCUT2D eigenvalue weighted by molar-refractivity contribution is 0.101. The van der Waals surface area contributed by atoms with E-state index in [0.717, 1.165) is 12.8 Å². The van der Waals surface area contributed by atoms with Crippen molar-refractivity contribution in [3.8, 4) is 6.07 Å². The van der Waals surface area contributed by atoms with Gasteiger partial charge >= 0.3 is 0 Å². The molecule has 0 bridgehead atoms. The zero-order valence-corrected chi connectivity index (χ0v) is 16.3. The third-order valence-corrected chi connectivity index (χ3v) is 6.27. The molecular formula is C19H21N5O3S. The van der Waals surface area contributed by atoms with Gasteiger partial charge in [0.05, 0.1) is 4.90 Å². The predicted octanol–water partition coefficient (Wildman–Crippen LogP) is 1.75. The second-order valence-corrected chi connectivity index (χ2v) is 8.47. The normalized spacial score (nSPS) is 15.2. The summed E-state index contributed by atoms with van der Waals surface area (Å²) >= 11 is 0. The molecule has 0 unspecified atom stereocenters. The lowest BCUT2D eigenvalue weighted by Crippen LogP contribution is -2.39. The Morgan fingerprint density at radius 1 is 1.21 bits per heavy atom. The highest BCUT2D eigenvalue weighted by molar-refractivity contribution is 7.89. The van der Waals surface area contributed by atoms with E-state index in [1.807, 2.05) is 4.90 Å². The molecule has 1 aliphatic heterocycles. The number of sulfonamides is 1. The maximum atomic E-state index is 12.5. The minimum Gasteiger partial charge on any atom is -0.354 e. The summed E-state index contributed by atoms with van der Waals surface area (Å²) in [5.41, 5.74) is 0.780. The number of aromatic nitrogens is 2. The van der Waals surface area contributed by atoms with Crippen LogP contribution in [0.2, 0.25) is 0 Å². The number of nitrogens with one attached hydrogen (secondary N) is 1. The van der Waals surface area contributed by atoms with Crippen molar-refractivity contribution < 1.29 is 13.2 Å². The Labute approximate surface area is 164 Å². The molecule has 1 fully saturated rings. The van der Waals surface area contributed by atoms with E-state index in [4.69, 9.17) is 5.26 Å². The Bertz CT molecular complexity index is 991. The number of piperidine rings is 1. The van der Waals surface area contributed by atoms with Crippen molar-refractivity contribution in [3.05, 3.63) is 47.9 Å². The van der Waals surface area contributed by atoms with Crippen LogP contribution >= 0.6 is 0 Å². The van der Waals surface area contributed by atoms with Gasteiger partial charge in [0, 0.05) is 37.6 Å². The number of hydrogen-bond donors (Lipinski definition) is 1. The minimum atomic E-state index is -3.62. The molecule has 1 saturated heterocycles. The maximum absolute atomic E-state index is 12.5. The van der Waals surface area contributed by atoms with Crippen molar-refractivity contribution in [2.75, 3.05) is 24.5 Å². The van der Waals surface area contributed by atoms with Crippen LogP contribution in [0.1, 0.15) is 35.8 Å². The van der Waals surface area contributed by atoms with Gasteiger partial charge in [-0.25, -0.2) is 23.1 Å². The lowest BCUT2D eigenvalue weighted by atomic mass is 9.97. The molecule has 8 nitrogen and oxygen atoms in total. The number of Topliss-reactive ketones (excluding diaryl/α,β-unsaturated/α-hetero) is 1. The van der Waals surface area contributed by atoms with Crippen LogP contribution in [0.15, 0.2) is 41.6 Å². The van der Waals surface area contributed by atoms with Gasteiger partial charge in [-0.2, -0.15) is 5.26 Å². The number of ketones is 1. The molecule has 0 radical (unpaired) electrons. The minimum absolute atomic E-state index is 0.105. The highest BCUT2D eigenvalue weighted by Crippen LogP contribution is 2.23. The Morgan fingerprint density at radius 3 is 2.46 bits per heavy atom. The van der Waals surface area contributed by atoms with Gasteiger partial charge in [0.15, 0.2) is 17.3 Å². The largest absolute Gasteiger partial charge is 0.354 e. The van der Waals surface area contributed by atoms with E-state index in [1.165, 1.54) is 37.4 Å². The fraction of sp³-hybridized carbons (Fsp3) is 0.368. The van der Waals surface area contributed by atoms with Crippen molar-refractivity contribution in [1.82, 2.24) is 14.7 Å². The molecule has 0 amide bonds. The number of rotatable bonds is 6. The molecule has 1 aliphatic rings. The third kappa shape index (κ3) is 4.52. The van der Waals surface area contributed by atoms with Crippen molar-refractivity contribution >= 4 is 21.6 Å². The molecule has 2 aromatic rings. The van der Waals surface area contributed by atoms with Gasteiger partial charge in [0.2, 0.25) is 10.0 Å². The van der Waals surface area contributed by atoms with Gasteiger partial charge in [-0.05, 0) is 37.8 Å². The third-order valence-electron chi connectivity index (χ3n) is 4.83. The lowest BCUT2D eigenvalue weighted by Gasteiger charge is -2.32. The average Bonchev–Trinajstić information content (AvgIpc) is 2.72. The van der Waals surface area contributed by atoms with Crippen molar-refractivity contribution in [3.63, 3.8) is 0 Å². The summed E-state index contributed by atoms with van der Waals surface area (Å²) in [5.74, 6) is 0.672. The molecule has 1 aromatic heterocycles. The molecule has 28 heavy (non-hydrogen) atoms. The standard InChI is InChI=1S/C19H21N5O3S/c1-14(25)16-2-4-17(5-3-16)28(26,27)23-13-15-6-10-24(11-7-15)19-18(12-20)21-8-9-22-19/h2-5,8-9,15,23H,6-7,10-11,13H2,1H3. The molecule has 1 aromatic carbocycles. The number of nitrogens with zero attached hydrogens (tertiary/aromatic N) is 4. The van der Waals surface area contributed by atoms with Gasteiger partial charge < -0.3 is 4.90 Å². The van der Waals surface area contributed by atoms with Crippen LogP contribution in [0.25, 0.3) is 0 Å². The molecule has 146 valence electrons. The average molecular weight is 399 g/mol. The number of anilines is 1. The zero-order chi connectivity index (χ0) is 20.1. The quantitative estimate of drug-likeness (QED) is 0.736. The van der Waals surface area contributed by atoms with Crippen LogP contribution in [0.5, 0.6) is 0 Å². The van der Waals surface area contributed by atoms with Crippen LogP contribution in [-0.2, 0) is 10.0 Å². The predicted molar refractivity (Wildman–Crippen MR) is 103 cm³/mol. The van der Waals surface area contributed by atoms with Crippen molar-refractivity contribution in [1.29, 1.82) is 5.26 Å². The zero-order valence-electron chi connectivity index (χ0n) is 15.5. The van der Waals surface area contributed by atoms with E-state index in [9.17, 15) is 13.2 Å². The summed E-state index contributed by atoms with van der Waals surface area (Å²) < 4.78 is 27.6. The first-order chi connectivity index (χ1) is 13.4. The summed E-state index contributed by atoms with van der Waals surface area (Å²) in [5, 5.41) is 9.16. The first-order valence-corrected chi connectivity index (χ1v) is 10.5. The Morgan fingerprint density at radius 2 is 1.86 bits per heavy atom. The van der Waals surface area contributed by atoms with Gasteiger partial charge in [-0.1, -0.05) is 12.1 Å². The van der Waals surface area contributed by atoms with Gasteiger partial charge in [-0.15, -0.1) is 0 Å². The van der Waals surface area contributed by atoms with E-state index in [0.29, 0.717) is 36.7 Å². The van der Waals surface area contributed by atoms with Crippen molar-refractivity contribution in [2.24, 2.45) is 5.92 Å². The number of carbonyl (C=O) groups excluding carboxylic acids is 1. The molecule has 2 heterocycles. The molecule has 0 aliphatic carbocycles. The molecule has 0 saturated carbocycles.